The lowest BCUT2D eigenvalue weighted by Gasteiger charge is -2.29. The van der Waals surface area contributed by atoms with E-state index >= 15 is 0 Å². The van der Waals surface area contributed by atoms with Gasteiger partial charge >= 0.3 is 18.2 Å². The second kappa shape index (κ2) is 14.4. The van der Waals surface area contributed by atoms with Crippen molar-refractivity contribution in [2.24, 2.45) is 0 Å². The smallest absolute Gasteiger partial charge is 0.355 e. The van der Waals surface area contributed by atoms with E-state index in [1.807, 2.05) is 0 Å². The first-order chi connectivity index (χ1) is 23.7. The highest BCUT2D eigenvalue weighted by molar-refractivity contribution is 6.33. The van der Waals surface area contributed by atoms with E-state index in [4.69, 9.17) is 39.5 Å². The third-order valence-corrected chi connectivity index (χ3v) is 8.73. The van der Waals surface area contributed by atoms with Crippen molar-refractivity contribution in [3.05, 3.63) is 73.9 Å². The number of carboxylic acid groups (broad SMARTS) is 1. The molecule has 0 saturated carbocycles. The molecule has 3 aromatic rings. The zero-order valence-corrected chi connectivity index (χ0v) is 27.4. The molecule has 262 valence electrons. The first-order valence-electron chi connectivity index (χ1n) is 14.8. The number of anilines is 2. The lowest BCUT2D eigenvalue weighted by atomic mass is 9.93. The molecule has 0 radical (unpaired) electrons. The Morgan fingerprint density at radius 2 is 1.64 bits per heavy atom. The molecule has 2 aliphatic heterocycles. The summed E-state index contributed by atoms with van der Waals surface area (Å²) in [4.78, 5) is 62.3. The van der Waals surface area contributed by atoms with Crippen molar-refractivity contribution >= 4 is 58.3 Å². The van der Waals surface area contributed by atoms with Gasteiger partial charge in [-0.05, 0) is 56.4 Å². The summed E-state index contributed by atoms with van der Waals surface area (Å²) >= 11 is 11.5. The van der Waals surface area contributed by atoms with Gasteiger partial charge < -0.3 is 9.84 Å². The van der Waals surface area contributed by atoms with Crippen LogP contribution >= 0.6 is 23.2 Å². The zero-order chi connectivity index (χ0) is 36.6. The predicted molar refractivity (Wildman–Crippen MR) is 171 cm³/mol. The number of aliphatic carboxylic acids is 1. The maximum Gasteiger partial charge on any atom is 0.355 e. The Morgan fingerprint density at radius 1 is 1.02 bits per heavy atom. The van der Waals surface area contributed by atoms with Crippen LogP contribution in [0, 0.1) is 30.9 Å². The van der Waals surface area contributed by atoms with E-state index in [9.17, 15) is 41.5 Å². The summed E-state index contributed by atoms with van der Waals surface area (Å²) in [5.74, 6) is -2.20. The highest BCUT2D eigenvalue weighted by Crippen LogP contribution is 2.41. The highest BCUT2D eigenvalue weighted by Gasteiger charge is 2.41. The standard InChI is InChI=1S/C19H15FN2O4.C13H10Cl2F3N3O3/c1-2-7-21-15-9-14(13(20)8-16(15)26-10-17(21)23)22-18(24)11-5-3-4-6-12(11)19(22)25;1-5-19-21(13(24)20(5)12(17)18)10-3-6(2-8(15)11(22)23)7(14)4-9(10)16/h1,8-9H,3-7,10H2;3-4,8,12H,2H2,1H3,(H,22,23). The number of carbonyl (C=O) groups is 4. The first-order valence-corrected chi connectivity index (χ1v) is 15.6. The number of fused-ring (bicyclic) bond motifs is 1. The molecule has 1 atom stereocenters. The Balaban J connectivity index is 0.000000195. The molecule has 1 unspecified atom stereocenters. The van der Waals surface area contributed by atoms with Crippen LogP contribution in [0.1, 0.15) is 43.6 Å². The summed E-state index contributed by atoms with van der Waals surface area (Å²) < 4.78 is 60.3. The molecule has 6 rings (SSSR count). The molecule has 18 heteroatoms. The molecule has 50 heavy (non-hydrogen) atoms. The summed E-state index contributed by atoms with van der Waals surface area (Å²) in [6.07, 6.45) is 7.75. The number of aryl methyl sites for hydroxylation is 1. The molecule has 0 bridgehead atoms. The SMILES string of the molecule is C#CCN1C(=O)COc2cc(F)c(N3C(=O)C4=C(CCCC4)C3=O)cc21.Cc1nn(-c2cc(CC(Cl)C(=O)O)c(Cl)cc2F)c(=O)n1C(F)F. The lowest BCUT2D eigenvalue weighted by molar-refractivity contribution is -0.136. The fourth-order valence-electron chi connectivity index (χ4n) is 5.64. The number of ether oxygens (including phenoxy) is 1. The van der Waals surface area contributed by atoms with Crippen LogP contribution in [0.4, 0.5) is 28.9 Å². The molecule has 0 fully saturated rings. The monoisotopic (exact) mass is 737 g/mol. The molecule has 3 heterocycles. The molecular weight excluding hydrogens is 713 g/mol. The Hall–Kier alpha value is -5.14. The first kappa shape index (κ1) is 36.1. The van der Waals surface area contributed by atoms with Crippen molar-refractivity contribution < 1.29 is 46.6 Å². The average molecular weight is 738 g/mol. The fourth-order valence-corrected chi connectivity index (χ4v) is 6.04. The number of benzene rings is 2. The number of imide groups is 1. The third-order valence-electron chi connectivity index (χ3n) is 8.04. The zero-order valence-electron chi connectivity index (χ0n) is 25.9. The van der Waals surface area contributed by atoms with Gasteiger partial charge in [-0.3, -0.25) is 24.1 Å². The maximum atomic E-state index is 14.7. The number of hydrogen-bond donors (Lipinski definition) is 1. The van der Waals surface area contributed by atoms with Gasteiger partial charge in [-0.25, -0.2) is 23.0 Å². The van der Waals surface area contributed by atoms with Gasteiger partial charge in [-0.1, -0.05) is 17.5 Å². The minimum atomic E-state index is -3.14. The summed E-state index contributed by atoms with van der Waals surface area (Å²) in [7, 11) is 0. The second-order valence-corrected chi connectivity index (χ2v) is 12.1. The summed E-state index contributed by atoms with van der Waals surface area (Å²) in [5.41, 5.74) is -0.551. The number of hydrogen-bond acceptors (Lipinski definition) is 7. The lowest BCUT2D eigenvalue weighted by Crippen LogP contribution is -2.39. The number of terminal acetylenes is 1. The van der Waals surface area contributed by atoms with Gasteiger partial charge in [0.1, 0.15) is 22.6 Å². The molecule has 1 aromatic heterocycles. The van der Waals surface area contributed by atoms with E-state index in [-0.39, 0.29) is 63.6 Å². The molecule has 3 aliphatic rings. The van der Waals surface area contributed by atoms with Gasteiger partial charge in [0.2, 0.25) is 0 Å². The minimum Gasteiger partial charge on any atom is -0.481 e. The summed E-state index contributed by atoms with van der Waals surface area (Å²) in [6.45, 7) is -2.24. The van der Waals surface area contributed by atoms with Crippen molar-refractivity contribution in [3.8, 4) is 23.8 Å². The Labute approximate surface area is 290 Å². The maximum absolute atomic E-state index is 14.7. The van der Waals surface area contributed by atoms with E-state index in [1.54, 1.807) is 0 Å². The number of aromatic nitrogens is 3. The van der Waals surface area contributed by atoms with Gasteiger partial charge in [0.05, 0.1) is 17.9 Å². The molecule has 0 spiro atoms. The van der Waals surface area contributed by atoms with Crippen molar-refractivity contribution in [2.45, 2.75) is 51.0 Å². The topological polar surface area (TPSA) is 144 Å². The van der Waals surface area contributed by atoms with E-state index in [1.165, 1.54) is 11.0 Å². The normalized spacial score (nSPS) is 16.1. The molecule has 2 aromatic carbocycles. The minimum absolute atomic E-state index is 0.0170. The van der Waals surface area contributed by atoms with Crippen molar-refractivity contribution in [3.63, 3.8) is 0 Å². The Morgan fingerprint density at radius 3 is 2.20 bits per heavy atom. The van der Waals surface area contributed by atoms with E-state index in [2.05, 4.69) is 11.0 Å². The predicted octanol–water partition coefficient (Wildman–Crippen LogP) is 4.69. The number of amides is 3. The fraction of sp³-hybridized carbons (Fsp3) is 0.312. The average Bonchev–Trinajstić information content (AvgIpc) is 3.50. The highest BCUT2D eigenvalue weighted by atomic mass is 35.5. The number of rotatable bonds is 7. The number of alkyl halides is 3. The van der Waals surface area contributed by atoms with E-state index in [0.29, 0.717) is 28.7 Å². The second-order valence-electron chi connectivity index (χ2n) is 11.1. The van der Waals surface area contributed by atoms with Crippen molar-refractivity contribution in [2.75, 3.05) is 23.0 Å². The third kappa shape index (κ3) is 6.70. The van der Waals surface area contributed by atoms with Gasteiger partial charge in [-0.2, -0.15) is 13.5 Å². The Kier molecular flexibility index (Phi) is 10.4. The summed E-state index contributed by atoms with van der Waals surface area (Å²) in [5, 5.41) is 11.0. The van der Waals surface area contributed by atoms with Gasteiger partial charge in [0.25, 0.3) is 17.7 Å². The van der Waals surface area contributed by atoms with Crippen LogP contribution in [0.3, 0.4) is 0 Å². The number of halogens is 6. The molecule has 1 N–H and O–H groups in total. The van der Waals surface area contributed by atoms with E-state index < -0.39 is 52.7 Å². The van der Waals surface area contributed by atoms with Gasteiger partial charge in [-0.15, -0.1) is 23.1 Å². The van der Waals surface area contributed by atoms with Crippen LogP contribution < -0.4 is 20.2 Å². The van der Waals surface area contributed by atoms with Crippen LogP contribution in [0.25, 0.3) is 5.69 Å². The van der Waals surface area contributed by atoms with Crippen LogP contribution in [-0.2, 0) is 25.6 Å². The summed E-state index contributed by atoms with van der Waals surface area (Å²) in [6, 6.07) is 4.26. The Bertz CT molecular complexity index is 2050. The van der Waals surface area contributed by atoms with E-state index in [0.717, 1.165) is 42.9 Å². The van der Waals surface area contributed by atoms with Crippen LogP contribution in [0.15, 0.2) is 40.2 Å². The molecule has 1 aliphatic carbocycles. The van der Waals surface area contributed by atoms with Crippen molar-refractivity contribution in [1.82, 2.24) is 14.3 Å². The van der Waals surface area contributed by atoms with Crippen molar-refractivity contribution in [1.29, 1.82) is 0 Å². The molecular formula is C32H25Cl2F4N5O7. The molecule has 3 amide bonds. The quantitative estimate of drug-likeness (QED) is 0.159. The largest absolute Gasteiger partial charge is 0.481 e. The molecule has 0 saturated heterocycles. The molecule has 12 nitrogen and oxygen atoms in total. The van der Waals surface area contributed by atoms with Crippen LogP contribution in [-0.4, -0.2) is 61.7 Å². The van der Waals surface area contributed by atoms with Crippen LogP contribution in [0.2, 0.25) is 5.02 Å². The number of carbonyl (C=O) groups excluding carboxylic acids is 3. The van der Waals surface area contributed by atoms with Crippen LogP contribution in [0.5, 0.6) is 5.75 Å². The number of nitrogens with zero attached hydrogens (tertiary/aromatic N) is 5. The number of carboxylic acids is 1. The van der Waals surface area contributed by atoms with Gasteiger partial charge in [0, 0.05) is 28.7 Å². The van der Waals surface area contributed by atoms with Gasteiger partial charge in [0.15, 0.2) is 18.2 Å².